The lowest BCUT2D eigenvalue weighted by atomic mass is 9.97. The van der Waals surface area contributed by atoms with Crippen molar-refractivity contribution >= 4 is 0 Å². The number of rotatable bonds is 2. The molecule has 2 heteroatoms. The molecule has 1 nitrogen and oxygen atoms in total. The minimum atomic E-state index is -0.150. The highest BCUT2D eigenvalue weighted by atomic mass is 19.1. The number of hydrogen-bond donors (Lipinski definition) is 1. The molecule has 2 aromatic carbocycles. The van der Waals surface area contributed by atoms with Gasteiger partial charge in [0, 0.05) is 6.54 Å². The second-order valence-electron chi connectivity index (χ2n) is 4.32. The Labute approximate surface area is 101 Å². The maximum absolute atomic E-state index is 13.7. The molecule has 0 aliphatic heterocycles. The van der Waals surface area contributed by atoms with Gasteiger partial charge in [0.2, 0.25) is 0 Å². The minimum Gasteiger partial charge on any atom is -0.326 e. The Morgan fingerprint density at radius 1 is 1.06 bits per heavy atom. The molecule has 2 N–H and O–H groups in total. The molecule has 0 unspecified atom stereocenters. The lowest BCUT2D eigenvalue weighted by Crippen LogP contribution is -1.96. The van der Waals surface area contributed by atoms with Crippen LogP contribution in [0, 0.1) is 19.7 Å². The smallest absolute Gasteiger partial charge is 0.126 e. The highest BCUT2D eigenvalue weighted by Gasteiger charge is 2.07. The summed E-state index contributed by atoms with van der Waals surface area (Å²) in [5, 5.41) is 0. The Hall–Kier alpha value is -1.67. The highest BCUT2D eigenvalue weighted by Crippen LogP contribution is 2.26. The first-order valence-electron chi connectivity index (χ1n) is 5.68. The van der Waals surface area contributed by atoms with Gasteiger partial charge in [0.1, 0.15) is 5.82 Å². The molecule has 2 rings (SSSR count). The van der Waals surface area contributed by atoms with Gasteiger partial charge in [-0.1, -0.05) is 30.3 Å². The molecule has 2 aromatic rings. The van der Waals surface area contributed by atoms with E-state index in [1.54, 1.807) is 13.0 Å². The van der Waals surface area contributed by atoms with Crippen LogP contribution < -0.4 is 5.73 Å². The Bertz CT molecular complexity index is 529. The summed E-state index contributed by atoms with van der Waals surface area (Å²) in [7, 11) is 0. The van der Waals surface area contributed by atoms with Crippen molar-refractivity contribution in [3.8, 4) is 11.1 Å². The summed E-state index contributed by atoms with van der Waals surface area (Å²) in [6.07, 6.45) is 0. The number of aryl methyl sites for hydroxylation is 1. The third kappa shape index (κ3) is 2.37. The van der Waals surface area contributed by atoms with Crippen LogP contribution in [-0.2, 0) is 6.54 Å². The molecule has 0 saturated heterocycles. The Balaban J connectivity index is 2.52. The zero-order chi connectivity index (χ0) is 12.4. The van der Waals surface area contributed by atoms with Crippen LogP contribution in [0.3, 0.4) is 0 Å². The van der Waals surface area contributed by atoms with E-state index in [4.69, 9.17) is 5.73 Å². The van der Waals surface area contributed by atoms with E-state index in [1.807, 2.05) is 37.3 Å². The molecule has 17 heavy (non-hydrogen) atoms. The van der Waals surface area contributed by atoms with Crippen molar-refractivity contribution in [3.05, 3.63) is 58.9 Å². The van der Waals surface area contributed by atoms with Crippen molar-refractivity contribution in [2.24, 2.45) is 5.73 Å². The molecule has 0 bridgehead atoms. The van der Waals surface area contributed by atoms with Crippen molar-refractivity contribution in [2.75, 3.05) is 0 Å². The van der Waals surface area contributed by atoms with E-state index < -0.39 is 0 Å². The fourth-order valence-electron chi connectivity index (χ4n) is 1.93. The summed E-state index contributed by atoms with van der Waals surface area (Å²) < 4.78 is 13.7. The summed E-state index contributed by atoms with van der Waals surface area (Å²) in [6.45, 7) is 4.24. The van der Waals surface area contributed by atoms with Gasteiger partial charge in [0.15, 0.2) is 0 Å². The molecule has 0 atom stereocenters. The predicted molar refractivity (Wildman–Crippen MR) is 69.2 cm³/mol. The largest absolute Gasteiger partial charge is 0.326 e. The first kappa shape index (κ1) is 11.8. The SMILES string of the molecule is Cc1cc(F)c(C)c(-c2ccc(CN)cc2)c1. The monoisotopic (exact) mass is 229 g/mol. The zero-order valence-electron chi connectivity index (χ0n) is 10.1. The Morgan fingerprint density at radius 3 is 2.29 bits per heavy atom. The van der Waals surface area contributed by atoms with E-state index in [0.717, 1.165) is 22.3 Å². The average Bonchev–Trinajstić information content (AvgIpc) is 2.34. The topological polar surface area (TPSA) is 26.0 Å². The van der Waals surface area contributed by atoms with Gasteiger partial charge < -0.3 is 5.73 Å². The zero-order valence-corrected chi connectivity index (χ0v) is 10.1. The second-order valence-corrected chi connectivity index (χ2v) is 4.32. The Morgan fingerprint density at radius 2 is 1.71 bits per heavy atom. The van der Waals surface area contributed by atoms with E-state index in [9.17, 15) is 4.39 Å². The van der Waals surface area contributed by atoms with Crippen LogP contribution in [0.25, 0.3) is 11.1 Å². The number of nitrogens with two attached hydrogens (primary N) is 1. The van der Waals surface area contributed by atoms with Gasteiger partial charge in [0.05, 0.1) is 0 Å². The molecule has 0 aromatic heterocycles. The predicted octanol–water partition coefficient (Wildman–Crippen LogP) is 3.57. The van der Waals surface area contributed by atoms with Gasteiger partial charge in [-0.3, -0.25) is 0 Å². The average molecular weight is 229 g/mol. The van der Waals surface area contributed by atoms with E-state index in [1.165, 1.54) is 0 Å². The maximum atomic E-state index is 13.7. The second kappa shape index (κ2) is 4.68. The maximum Gasteiger partial charge on any atom is 0.126 e. The molecule has 0 saturated carbocycles. The van der Waals surface area contributed by atoms with Gasteiger partial charge in [-0.05, 0) is 47.7 Å². The normalized spacial score (nSPS) is 10.6. The van der Waals surface area contributed by atoms with E-state index in [0.29, 0.717) is 12.1 Å². The summed E-state index contributed by atoms with van der Waals surface area (Å²) in [6, 6.07) is 11.5. The highest BCUT2D eigenvalue weighted by molar-refractivity contribution is 5.68. The molecule has 88 valence electrons. The van der Waals surface area contributed by atoms with Gasteiger partial charge >= 0.3 is 0 Å². The van der Waals surface area contributed by atoms with Crippen LogP contribution in [0.2, 0.25) is 0 Å². The molecule has 0 radical (unpaired) electrons. The quantitative estimate of drug-likeness (QED) is 0.837. The summed E-state index contributed by atoms with van der Waals surface area (Å²) in [5.41, 5.74) is 10.2. The Kier molecular flexibility index (Phi) is 3.25. The molecular formula is C15H16FN. The van der Waals surface area contributed by atoms with Gasteiger partial charge in [0.25, 0.3) is 0 Å². The fourth-order valence-corrected chi connectivity index (χ4v) is 1.93. The van der Waals surface area contributed by atoms with Gasteiger partial charge in [-0.25, -0.2) is 4.39 Å². The summed E-state index contributed by atoms with van der Waals surface area (Å²) >= 11 is 0. The van der Waals surface area contributed by atoms with Crippen molar-refractivity contribution in [3.63, 3.8) is 0 Å². The van der Waals surface area contributed by atoms with E-state index >= 15 is 0 Å². The standard InChI is InChI=1S/C15H16FN/c1-10-7-14(11(2)15(16)8-10)13-5-3-12(9-17)4-6-13/h3-8H,9,17H2,1-2H3. The molecule has 0 spiro atoms. The van der Waals surface area contributed by atoms with Crippen LogP contribution in [0.15, 0.2) is 36.4 Å². The first-order valence-corrected chi connectivity index (χ1v) is 5.68. The number of hydrogen-bond acceptors (Lipinski definition) is 1. The van der Waals surface area contributed by atoms with Crippen LogP contribution in [0.4, 0.5) is 4.39 Å². The number of benzene rings is 2. The first-order chi connectivity index (χ1) is 8.11. The molecule has 0 aliphatic carbocycles. The fraction of sp³-hybridized carbons (Fsp3) is 0.200. The lowest BCUT2D eigenvalue weighted by Gasteiger charge is -2.09. The molecule has 0 heterocycles. The molecule has 0 fully saturated rings. The minimum absolute atomic E-state index is 0.150. The molecular weight excluding hydrogens is 213 g/mol. The third-order valence-corrected chi connectivity index (χ3v) is 2.99. The van der Waals surface area contributed by atoms with Crippen LogP contribution in [-0.4, -0.2) is 0 Å². The molecule has 0 amide bonds. The van der Waals surface area contributed by atoms with Crippen molar-refractivity contribution in [1.29, 1.82) is 0 Å². The van der Waals surface area contributed by atoms with Gasteiger partial charge in [-0.2, -0.15) is 0 Å². The summed E-state index contributed by atoms with van der Waals surface area (Å²) in [4.78, 5) is 0. The molecule has 0 aliphatic rings. The number of halogens is 1. The van der Waals surface area contributed by atoms with Crippen LogP contribution in [0.1, 0.15) is 16.7 Å². The third-order valence-electron chi connectivity index (χ3n) is 2.99. The van der Waals surface area contributed by atoms with Crippen LogP contribution >= 0.6 is 0 Å². The van der Waals surface area contributed by atoms with Crippen LogP contribution in [0.5, 0.6) is 0 Å². The van der Waals surface area contributed by atoms with E-state index in [2.05, 4.69) is 0 Å². The van der Waals surface area contributed by atoms with Gasteiger partial charge in [-0.15, -0.1) is 0 Å². The van der Waals surface area contributed by atoms with Crippen molar-refractivity contribution < 1.29 is 4.39 Å². The van der Waals surface area contributed by atoms with Crippen molar-refractivity contribution in [2.45, 2.75) is 20.4 Å². The van der Waals surface area contributed by atoms with E-state index in [-0.39, 0.29) is 5.82 Å². The van der Waals surface area contributed by atoms with Crippen molar-refractivity contribution in [1.82, 2.24) is 0 Å². The lowest BCUT2D eigenvalue weighted by molar-refractivity contribution is 0.618. The summed E-state index contributed by atoms with van der Waals surface area (Å²) in [5.74, 6) is -0.150.